The molecule has 0 heterocycles. The molecule has 1 aliphatic rings. The van der Waals surface area contributed by atoms with Gasteiger partial charge in [-0.2, -0.15) is 0 Å². The maximum atomic E-state index is 12.2. The molecule has 25 heavy (non-hydrogen) atoms. The zero-order valence-corrected chi connectivity index (χ0v) is 15.5. The maximum absolute atomic E-state index is 12.2. The summed E-state index contributed by atoms with van der Waals surface area (Å²) in [7, 11) is 0. The van der Waals surface area contributed by atoms with Crippen molar-refractivity contribution in [1.82, 2.24) is 4.90 Å². The van der Waals surface area contributed by atoms with Gasteiger partial charge in [-0.3, -0.25) is 9.59 Å². The number of rotatable bonds is 6. The van der Waals surface area contributed by atoms with Gasteiger partial charge < -0.3 is 15.3 Å². The lowest BCUT2D eigenvalue weighted by molar-refractivity contribution is -0.131. The molecule has 1 saturated carbocycles. The first-order valence-electron chi connectivity index (χ1n) is 9.17. The first kappa shape index (κ1) is 19.4. The molecule has 5 nitrogen and oxygen atoms in total. The Balaban J connectivity index is 1.91. The number of aliphatic hydroxyl groups is 1. The number of hydrogen-bond acceptors (Lipinski definition) is 3. The monoisotopic (exact) mass is 346 g/mol. The summed E-state index contributed by atoms with van der Waals surface area (Å²) in [5, 5.41) is 13.3. The van der Waals surface area contributed by atoms with Gasteiger partial charge in [0.15, 0.2) is 0 Å². The molecule has 0 aromatic heterocycles. The van der Waals surface area contributed by atoms with Crippen LogP contribution in [-0.4, -0.2) is 33.5 Å². The van der Waals surface area contributed by atoms with Crippen LogP contribution >= 0.6 is 0 Å². The molecular weight excluding hydrogens is 316 g/mol. The molecule has 2 N–H and O–H groups in total. The fourth-order valence-electron chi connectivity index (χ4n) is 3.44. The molecule has 1 aromatic carbocycles. The summed E-state index contributed by atoms with van der Waals surface area (Å²) in [6, 6.07) is 7.67. The van der Waals surface area contributed by atoms with Crippen LogP contribution in [0.5, 0.6) is 0 Å². The molecule has 1 aliphatic carbocycles. The van der Waals surface area contributed by atoms with Crippen molar-refractivity contribution in [1.29, 1.82) is 0 Å². The van der Waals surface area contributed by atoms with Crippen LogP contribution in [0.3, 0.4) is 0 Å². The fraction of sp³-hybridized carbons (Fsp3) is 0.600. The van der Waals surface area contributed by atoms with Crippen LogP contribution in [0.15, 0.2) is 24.3 Å². The highest BCUT2D eigenvalue weighted by molar-refractivity contribution is 5.91. The van der Waals surface area contributed by atoms with Crippen LogP contribution in [0.25, 0.3) is 0 Å². The summed E-state index contributed by atoms with van der Waals surface area (Å²) >= 11 is 0. The normalized spacial score (nSPS) is 16.5. The molecule has 2 rings (SSSR count). The summed E-state index contributed by atoms with van der Waals surface area (Å²) in [4.78, 5) is 25.7. The average molecular weight is 346 g/mol. The minimum absolute atomic E-state index is 0.0492. The molecule has 2 amide bonds. The van der Waals surface area contributed by atoms with E-state index < -0.39 is 5.60 Å². The Morgan fingerprint density at radius 2 is 1.76 bits per heavy atom. The van der Waals surface area contributed by atoms with Crippen LogP contribution in [-0.2, 0) is 16.1 Å². The second-order valence-corrected chi connectivity index (χ2v) is 7.45. The van der Waals surface area contributed by atoms with Crippen molar-refractivity contribution in [3.63, 3.8) is 0 Å². The molecule has 0 spiro atoms. The van der Waals surface area contributed by atoms with E-state index in [2.05, 4.69) is 5.32 Å². The highest BCUT2D eigenvalue weighted by atomic mass is 16.3. The van der Waals surface area contributed by atoms with E-state index in [0.717, 1.165) is 24.8 Å². The molecule has 0 unspecified atom stereocenters. The minimum atomic E-state index is -0.846. The predicted octanol–water partition coefficient (Wildman–Crippen LogP) is 3.47. The standard InChI is InChI=1S/C20H30N2O3/c1-15(2)22(16(3)23)14-17-7-9-18(10-8-17)21-19(24)13-20(25)11-5-4-6-12-20/h7-10,15,25H,4-6,11-14H2,1-3H3,(H,21,24). The van der Waals surface area contributed by atoms with Gasteiger partial charge in [0.05, 0.1) is 12.0 Å². The summed E-state index contributed by atoms with van der Waals surface area (Å²) in [6.07, 6.45) is 4.67. The molecule has 5 heteroatoms. The SMILES string of the molecule is CC(=O)N(Cc1ccc(NC(=O)CC2(O)CCCCC2)cc1)C(C)C. The van der Waals surface area contributed by atoms with Crippen molar-refractivity contribution in [3.8, 4) is 0 Å². The number of benzene rings is 1. The Labute approximate surface area is 150 Å². The number of hydrogen-bond donors (Lipinski definition) is 2. The van der Waals surface area contributed by atoms with E-state index in [-0.39, 0.29) is 24.3 Å². The molecule has 1 fully saturated rings. The van der Waals surface area contributed by atoms with Crippen LogP contribution in [0.2, 0.25) is 0 Å². The molecule has 0 bridgehead atoms. The number of carbonyl (C=O) groups is 2. The zero-order chi connectivity index (χ0) is 18.4. The molecule has 138 valence electrons. The predicted molar refractivity (Wildman–Crippen MR) is 99.1 cm³/mol. The highest BCUT2D eigenvalue weighted by Gasteiger charge is 2.31. The fourth-order valence-corrected chi connectivity index (χ4v) is 3.44. The van der Waals surface area contributed by atoms with E-state index in [1.165, 1.54) is 0 Å². The van der Waals surface area contributed by atoms with Crippen molar-refractivity contribution >= 4 is 17.5 Å². The van der Waals surface area contributed by atoms with Gasteiger partial charge in [0, 0.05) is 25.2 Å². The lowest BCUT2D eigenvalue weighted by atomic mass is 9.82. The first-order valence-corrected chi connectivity index (χ1v) is 9.17. The van der Waals surface area contributed by atoms with Crippen molar-refractivity contribution in [2.24, 2.45) is 0 Å². The van der Waals surface area contributed by atoms with Crippen LogP contribution in [0.4, 0.5) is 5.69 Å². The number of anilines is 1. The average Bonchev–Trinajstić information content (AvgIpc) is 2.53. The van der Waals surface area contributed by atoms with Gasteiger partial charge >= 0.3 is 0 Å². The third kappa shape index (κ3) is 5.85. The van der Waals surface area contributed by atoms with E-state index in [4.69, 9.17) is 0 Å². The quantitative estimate of drug-likeness (QED) is 0.829. The Bertz CT molecular complexity index is 589. The van der Waals surface area contributed by atoms with Gasteiger partial charge in [0.25, 0.3) is 0 Å². The first-order chi connectivity index (χ1) is 11.8. The summed E-state index contributed by atoms with van der Waals surface area (Å²) in [5.41, 5.74) is 0.890. The van der Waals surface area contributed by atoms with E-state index in [0.29, 0.717) is 25.1 Å². The minimum Gasteiger partial charge on any atom is -0.389 e. The maximum Gasteiger partial charge on any atom is 0.227 e. The largest absolute Gasteiger partial charge is 0.389 e. The molecule has 1 aromatic rings. The molecular formula is C20H30N2O3. The third-order valence-electron chi connectivity index (χ3n) is 4.89. The lowest BCUT2D eigenvalue weighted by Gasteiger charge is -2.31. The molecule has 0 saturated heterocycles. The number of nitrogens with one attached hydrogen (secondary N) is 1. The van der Waals surface area contributed by atoms with Gasteiger partial charge in [-0.25, -0.2) is 0 Å². The van der Waals surface area contributed by atoms with Gasteiger partial charge in [0.2, 0.25) is 11.8 Å². The number of amides is 2. The Hall–Kier alpha value is -1.88. The van der Waals surface area contributed by atoms with E-state index in [1.54, 1.807) is 11.8 Å². The molecule has 0 aliphatic heterocycles. The van der Waals surface area contributed by atoms with E-state index in [9.17, 15) is 14.7 Å². The Morgan fingerprint density at radius 3 is 2.28 bits per heavy atom. The number of nitrogens with zero attached hydrogens (tertiary/aromatic N) is 1. The smallest absolute Gasteiger partial charge is 0.227 e. The number of carbonyl (C=O) groups excluding carboxylic acids is 2. The van der Waals surface area contributed by atoms with Crippen LogP contribution in [0.1, 0.15) is 64.9 Å². The second kappa shape index (κ2) is 8.48. The van der Waals surface area contributed by atoms with Gasteiger partial charge in [-0.15, -0.1) is 0 Å². The van der Waals surface area contributed by atoms with Crippen molar-refractivity contribution < 1.29 is 14.7 Å². The van der Waals surface area contributed by atoms with Gasteiger partial charge in [-0.1, -0.05) is 31.4 Å². The van der Waals surface area contributed by atoms with E-state index in [1.807, 2.05) is 38.1 Å². The highest BCUT2D eigenvalue weighted by Crippen LogP contribution is 2.31. The summed E-state index contributed by atoms with van der Waals surface area (Å²) < 4.78 is 0. The zero-order valence-electron chi connectivity index (χ0n) is 15.5. The van der Waals surface area contributed by atoms with Crippen LogP contribution in [0, 0.1) is 0 Å². The lowest BCUT2D eigenvalue weighted by Crippen LogP contribution is -2.35. The topological polar surface area (TPSA) is 69.6 Å². The van der Waals surface area contributed by atoms with Crippen LogP contribution < -0.4 is 5.32 Å². The van der Waals surface area contributed by atoms with Crippen molar-refractivity contribution in [2.75, 3.05) is 5.32 Å². The molecule has 0 radical (unpaired) electrons. The van der Waals surface area contributed by atoms with E-state index >= 15 is 0 Å². The van der Waals surface area contributed by atoms with Crippen molar-refractivity contribution in [3.05, 3.63) is 29.8 Å². The summed E-state index contributed by atoms with van der Waals surface area (Å²) in [6.45, 7) is 6.11. The van der Waals surface area contributed by atoms with Gasteiger partial charge in [-0.05, 0) is 44.4 Å². The second-order valence-electron chi connectivity index (χ2n) is 7.45. The molecule has 0 atom stereocenters. The Morgan fingerprint density at radius 1 is 1.16 bits per heavy atom. The Kier molecular flexibility index (Phi) is 6.59. The summed E-state index contributed by atoms with van der Waals surface area (Å²) in [5.74, 6) is -0.0993. The van der Waals surface area contributed by atoms with Crippen molar-refractivity contribution in [2.45, 2.75) is 77.5 Å². The van der Waals surface area contributed by atoms with Gasteiger partial charge in [0.1, 0.15) is 0 Å². The third-order valence-corrected chi connectivity index (χ3v) is 4.89.